The fraction of sp³-hybridized carbons (Fsp3) is 0.320. The van der Waals surface area contributed by atoms with Gasteiger partial charge in [-0.3, -0.25) is 4.79 Å². The van der Waals surface area contributed by atoms with Crippen LogP contribution in [0.4, 0.5) is 11.4 Å². The first-order valence-electron chi connectivity index (χ1n) is 11.1. The number of hydrogen-bond donors (Lipinski definition) is 1. The van der Waals surface area contributed by atoms with E-state index in [9.17, 15) is 14.4 Å². The maximum Gasteiger partial charge on any atom is 0.350 e. The van der Waals surface area contributed by atoms with Crippen LogP contribution in [0.25, 0.3) is 0 Å². The Bertz CT molecular complexity index is 1150. The molecule has 2 aromatic rings. The van der Waals surface area contributed by atoms with Crippen molar-refractivity contribution in [3.63, 3.8) is 0 Å². The SMILES string of the molecule is COc1ccc(Cl)cc1C(=O)N1CCN(c2ccc(NC=C3C(=O)OC(C)(C)OC3=O)cc2)CC1. The molecule has 2 saturated heterocycles. The highest BCUT2D eigenvalue weighted by Crippen LogP contribution is 2.26. The summed E-state index contributed by atoms with van der Waals surface area (Å²) in [5.74, 6) is -2.36. The van der Waals surface area contributed by atoms with Gasteiger partial charge in [-0.05, 0) is 42.5 Å². The first kappa shape index (κ1) is 24.4. The molecule has 1 amide bonds. The van der Waals surface area contributed by atoms with Gasteiger partial charge < -0.3 is 29.3 Å². The molecule has 2 aliphatic rings. The smallest absolute Gasteiger partial charge is 0.350 e. The highest BCUT2D eigenvalue weighted by atomic mass is 35.5. The largest absolute Gasteiger partial charge is 0.496 e. The highest BCUT2D eigenvalue weighted by molar-refractivity contribution is 6.31. The maximum atomic E-state index is 13.0. The number of anilines is 2. The molecule has 9 nitrogen and oxygen atoms in total. The summed E-state index contributed by atoms with van der Waals surface area (Å²) in [5, 5.41) is 3.41. The van der Waals surface area contributed by atoms with Gasteiger partial charge in [-0.1, -0.05) is 11.6 Å². The number of methoxy groups -OCH3 is 1. The predicted molar refractivity (Wildman–Crippen MR) is 131 cm³/mol. The van der Waals surface area contributed by atoms with Crippen molar-refractivity contribution in [1.29, 1.82) is 0 Å². The van der Waals surface area contributed by atoms with E-state index in [-0.39, 0.29) is 11.5 Å². The van der Waals surface area contributed by atoms with Crippen molar-refractivity contribution in [3.8, 4) is 5.75 Å². The molecular formula is C25H26ClN3O6. The Labute approximate surface area is 208 Å². The lowest BCUT2D eigenvalue weighted by Crippen LogP contribution is -2.48. The number of amides is 1. The van der Waals surface area contributed by atoms with Crippen LogP contribution >= 0.6 is 11.6 Å². The minimum atomic E-state index is -1.28. The van der Waals surface area contributed by atoms with E-state index >= 15 is 0 Å². The summed E-state index contributed by atoms with van der Waals surface area (Å²) in [6, 6.07) is 12.5. The van der Waals surface area contributed by atoms with Crippen molar-refractivity contribution in [2.45, 2.75) is 19.6 Å². The number of hydrogen-bond acceptors (Lipinski definition) is 8. The molecule has 0 atom stereocenters. The third-order valence-corrected chi connectivity index (χ3v) is 5.93. The number of rotatable bonds is 5. The summed E-state index contributed by atoms with van der Waals surface area (Å²) < 4.78 is 15.5. The summed E-state index contributed by atoms with van der Waals surface area (Å²) >= 11 is 6.08. The van der Waals surface area contributed by atoms with Gasteiger partial charge in [-0.25, -0.2) is 9.59 Å². The van der Waals surface area contributed by atoms with Crippen LogP contribution < -0.4 is 15.0 Å². The molecule has 35 heavy (non-hydrogen) atoms. The molecular weight excluding hydrogens is 474 g/mol. The molecule has 2 aliphatic heterocycles. The Balaban J connectivity index is 1.35. The number of esters is 2. The van der Waals surface area contributed by atoms with Crippen molar-refractivity contribution in [3.05, 3.63) is 64.8 Å². The average Bonchev–Trinajstić information content (AvgIpc) is 2.83. The highest BCUT2D eigenvalue weighted by Gasteiger charge is 2.39. The maximum absolute atomic E-state index is 13.0. The number of nitrogens with zero attached hydrogens (tertiary/aromatic N) is 2. The van der Waals surface area contributed by atoms with Crippen molar-refractivity contribution in [1.82, 2.24) is 4.90 Å². The van der Waals surface area contributed by atoms with Gasteiger partial charge in [0.2, 0.25) is 0 Å². The van der Waals surface area contributed by atoms with E-state index in [1.165, 1.54) is 27.2 Å². The van der Waals surface area contributed by atoms with Crippen LogP contribution in [0.3, 0.4) is 0 Å². The van der Waals surface area contributed by atoms with E-state index in [2.05, 4.69) is 10.2 Å². The number of ether oxygens (including phenoxy) is 3. The standard InChI is InChI=1S/C25H26ClN3O6/c1-25(2)34-23(31)20(24(32)35-25)15-27-17-5-7-18(8-6-17)28-10-12-29(13-11-28)22(30)19-14-16(26)4-9-21(19)33-3/h4-9,14-15,27H,10-13H2,1-3H3. The number of cyclic esters (lactones) is 2. The number of piperazine rings is 1. The zero-order chi connectivity index (χ0) is 25.2. The molecule has 4 rings (SSSR count). The van der Waals surface area contributed by atoms with Gasteiger partial charge in [-0.15, -0.1) is 0 Å². The molecule has 0 saturated carbocycles. The number of nitrogens with one attached hydrogen (secondary N) is 1. The van der Waals surface area contributed by atoms with Crippen LogP contribution in [0.1, 0.15) is 24.2 Å². The Morgan fingerprint density at radius 2 is 1.66 bits per heavy atom. The van der Waals surface area contributed by atoms with Crippen LogP contribution in [-0.2, 0) is 19.1 Å². The van der Waals surface area contributed by atoms with Crippen LogP contribution in [0.15, 0.2) is 54.2 Å². The normalized spacial score (nSPS) is 17.4. The van der Waals surface area contributed by atoms with E-state index in [4.69, 9.17) is 25.8 Å². The molecule has 0 bridgehead atoms. The van der Waals surface area contributed by atoms with Gasteiger partial charge >= 0.3 is 11.9 Å². The van der Waals surface area contributed by atoms with Crippen LogP contribution in [0.5, 0.6) is 5.75 Å². The lowest BCUT2D eigenvalue weighted by Gasteiger charge is -2.36. The summed E-state index contributed by atoms with van der Waals surface area (Å²) in [6.07, 6.45) is 1.28. The Hall–Kier alpha value is -3.72. The average molecular weight is 500 g/mol. The summed E-state index contributed by atoms with van der Waals surface area (Å²) in [6.45, 7) is 5.44. The zero-order valence-corrected chi connectivity index (χ0v) is 20.4. The minimum absolute atomic E-state index is 0.111. The summed E-state index contributed by atoms with van der Waals surface area (Å²) in [7, 11) is 1.53. The lowest BCUT2D eigenvalue weighted by atomic mass is 10.1. The van der Waals surface area contributed by atoms with Gasteiger partial charge in [0.05, 0.1) is 12.7 Å². The van der Waals surface area contributed by atoms with E-state index < -0.39 is 17.7 Å². The summed E-state index contributed by atoms with van der Waals surface area (Å²) in [4.78, 5) is 41.0. The van der Waals surface area contributed by atoms with E-state index in [0.29, 0.717) is 48.2 Å². The number of benzene rings is 2. The second kappa shape index (κ2) is 9.87. The molecule has 10 heteroatoms. The van der Waals surface area contributed by atoms with E-state index in [1.54, 1.807) is 23.1 Å². The fourth-order valence-electron chi connectivity index (χ4n) is 3.89. The van der Waals surface area contributed by atoms with Crippen LogP contribution in [0, 0.1) is 0 Å². The Kier molecular flexibility index (Phi) is 6.88. The van der Waals surface area contributed by atoms with E-state index in [0.717, 1.165) is 5.69 Å². The summed E-state index contributed by atoms with van der Waals surface area (Å²) in [5.41, 5.74) is 1.93. The molecule has 2 fully saturated rings. The molecule has 2 heterocycles. The third kappa shape index (κ3) is 5.51. The van der Waals surface area contributed by atoms with Crippen LogP contribution in [0.2, 0.25) is 5.02 Å². The second-order valence-electron chi connectivity index (χ2n) is 8.55. The first-order valence-corrected chi connectivity index (χ1v) is 11.5. The molecule has 0 radical (unpaired) electrons. The molecule has 0 unspecified atom stereocenters. The molecule has 0 spiro atoms. The molecule has 0 aromatic heterocycles. The number of carbonyl (C=O) groups is 3. The van der Waals surface area contributed by atoms with Gasteiger partial charge in [0.1, 0.15) is 5.75 Å². The first-order chi connectivity index (χ1) is 16.7. The third-order valence-electron chi connectivity index (χ3n) is 5.69. The Morgan fingerprint density at radius 3 is 2.26 bits per heavy atom. The van der Waals surface area contributed by atoms with Gasteiger partial charge in [-0.2, -0.15) is 0 Å². The zero-order valence-electron chi connectivity index (χ0n) is 19.7. The van der Waals surface area contributed by atoms with Gasteiger partial charge in [0.25, 0.3) is 11.7 Å². The van der Waals surface area contributed by atoms with Crippen molar-refractivity contribution in [2.75, 3.05) is 43.5 Å². The fourth-order valence-corrected chi connectivity index (χ4v) is 4.06. The van der Waals surface area contributed by atoms with Crippen molar-refractivity contribution in [2.24, 2.45) is 0 Å². The Morgan fingerprint density at radius 1 is 1.03 bits per heavy atom. The monoisotopic (exact) mass is 499 g/mol. The number of carbonyl (C=O) groups excluding carboxylic acids is 3. The van der Waals surface area contributed by atoms with Gasteiger partial charge in [0, 0.05) is 62.6 Å². The van der Waals surface area contributed by atoms with Crippen molar-refractivity contribution < 1.29 is 28.6 Å². The van der Waals surface area contributed by atoms with Crippen LogP contribution in [-0.4, -0.2) is 61.8 Å². The molecule has 184 valence electrons. The molecule has 2 aromatic carbocycles. The second-order valence-corrected chi connectivity index (χ2v) is 8.99. The molecule has 1 N–H and O–H groups in total. The molecule has 0 aliphatic carbocycles. The topological polar surface area (TPSA) is 97.4 Å². The van der Waals surface area contributed by atoms with Gasteiger partial charge in [0.15, 0.2) is 5.57 Å². The minimum Gasteiger partial charge on any atom is -0.496 e. The quantitative estimate of drug-likeness (QED) is 0.379. The van der Waals surface area contributed by atoms with Crippen molar-refractivity contribution >= 4 is 40.8 Å². The number of halogens is 1. The lowest BCUT2D eigenvalue weighted by molar-refractivity contribution is -0.222. The van der Waals surface area contributed by atoms with E-state index in [1.807, 2.05) is 24.3 Å². The predicted octanol–water partition coefficient (Wildman–Crippen LogP) is 3.44.